The highest BCUT2D eigenvalue weighted by Gasteiger charge is 2.28. The number of nitrogens with one attached hydrogen (secondary N) is 1. The average Bonchev–Trinajstić information content (AvgIpc) is 2.77. The fourth-order valence-electron chi connectivity index (χ4n) is 3.20. The van der Waals surface area contributed by atoms with Gasteiger partial charge in [0.25, 0.3) is 0 Å². The van der Waals surface area contributed by atoms with Gasteiger partial charge in [0.1, 0.15) is 5.82 Å². The van der Waals surface area contributed by atoms with Crippen LogP contribution in [0.15, 0.2) is 18.2 Å². The Labute approximate surface area is 126 Å². The summed E-state index contributed by atoms with van der Waals surface area (Å²) in [5, 5.41) is 3.06. The Morgan fingerprint density at radius 3 is 2.81 bits per heavy atom. The van der Waals surface area contributed by atoms with Gasteiger partial charge in [0.15, 0.2) is 0 Å². The van der Waals surface area contributed by atoms with Crippen LogP contribution in [0, 0.1) is 12.7 Å². The molecule has 1 saturated heterocycles. The molecule has 1 aliphatic rings. The zero-order chi connectivity index (χ0) is 15.6. The summed E-state index contributed by atoms with van der Waals surface area (Å²) < 4.78 is 13.7. The lowest BCUT2D eigenvalue weighted by atomic mass is 9.90. The van der Waals surface area contributed by atoms with E-state index in [9.17, 15) is 9.18 Å². The van der Waals surface area contributed by atoms with Crippen LogP contribution in [-0.2, 0) is 10.3 Å². The van der Waals surface area contributed by atoms with E-state index in [4.69, 9.17) is 0 Å². The van der Waals surface area contributed by atoms with E-state index in [0.717, 1.165) is 24.9 Å². The van der Waals surface area contributed by atoms with Crippen LogP contribution in [0.5, 0.6) is 0 Å². The van der Waals surface area contributed by atoms with Crippen molar-refractivity contribution in [1.82, 2.24) is 10.2 Å². The van der Waals surface area contributed by atoms with Crippen LogP contribution >= 0.6 is 0 Å². The minimum atomic E-state index is -0.569. The average molecular weight is 292 g/mol. The summed E-state index contributed by atoms with van der Waals surface area (Å²) in [6.45, 7) is 6.66. The number of benzene rings is 1. The summed E-state index contributed by atoms with van der Waals surface area (Å²) in [5.74, 6) is -0.201. The molecule has 1 aliphatic heterocycles. The van der Waals surface area contributed by atoms with Crippen molar-refractivity contribution < 1.29 is 9.18 Å². The molecule has 1 amide bonds. The number of hydrogen-bond donors (Lipinski definition) is 1. The van der Waals surface area contributed by atoms with Gasteiger partial charge in [-0.25, -0.2) is 4.39 Å². The Morgan fingerprint density at radius 2 is 2.19 bits per heavy atom. The second-order valence-electron chi connectivity index (χ2n) is 6.57. The Balaban J connectivity index is 2.06. The van der Waals surface area contributed by atoms with Crippen LogP contribution in [0.3, 0.4) is 0 Å². The molecule has 2 rings (SSSR count). The lowest BCUT2D eigenvalue weighted by Gasteiger charge is -2.30. The van der Waals surface area contributed by atoms with Gasteiger partial charge in [0.2, 0.25) is 5.91 Å². The highest BCUT2D eigenvalue weighted by molar-refractivity contribution is 5.77. The normalized spacial score (nSPS) is 19.8. The van der Waals surface area contributed by atoms with E-state index in [1.54, 1.807) is 13.0 Å². The van der Waals surface area contributed by atoms with Gasteiger partial charge in [-0.1, -0.05) is 12.1 Å². The summed E-state index contributed by atoms with van der Waals surface area (Å²) in [5.41, 5.74) is 0.858. The van der Waals surface area contributed by atoms with Crippen LogP contribution in [0.25, 0.3) is 0 Å². The first-order valence-corrected chi connectivity index (χ1v) is 7.58. The Bertz CT molecular complexity index is 528. The zero-order valence-electron chi connectivity index (χ0n) is 13.4. The highest BCUT2D eigenvalue weighted by Crippen LogP contribution is 2.26. The van der Waals surface area contributed by atoms with Gasteiger partial charge in [-0.2, -0.15) is 0 Å². The van der Waals surface area contributed by atoms with E-state index in [1.807, 2.05) is 19.9 Å². The van der Waals surface area contributed by atoms with E-state index >= 15 is 0 Å². The molecule has 1 heterocycles. The number of nitrogens with zero attached hydrogens (tertiary/aromatic N) is 1. The van der Waals surface area contributed by atoms with Crippen LogP contribution in [0.1, 0.15) is 44.2 Å². The molecule has 0 saturated carbocycles. The SMILES string of the molecule is Cc1c(F)cccc1C(C)(C)NC(=O)CC1CCCN1C. The second-order valence-corrected chi connectivity index (χ2v) is 6.57. The maximum atomic E-state index is 13.7. The number of hydrogen-bond acceptors (Lipinski definition) is 2. The third-order valence-corrected chi connectivity index (χ3v) is 4.49. The van der Waals surface area contributed by atoms with Crippen LogP contribution < -0.4 is 5.32 Å². The highest BCUT2D eigenvalue weighted by atomic mass is 19.1. The number of likely N-dealkylation sites (tertiary alicyclic amines) is 1. The molecule has 21 heavy (non-hydrogen) atoms. The van der Waals surface area contributed by atoms with Crippen molar-refractivity contribution in [3.05, 3.63) is 35.1 Å². The van der Waals surface area contributed by atoms with E-state index in [1.165, 1.54) is 6.07 Å². The monoisotopic (exact) mass is 292 g/mol. The molecule has 1 aromatic carbocycles. The molecule has 116 valence electrons. The van der Waals surface area contributed by atoms with Crippen molar-refractivity contribution in [2.75, 3.05) is 13.6 Å². The van der Waals surface area contributed by atoms with Crippen molar-refractivity contribution in [2.24, 2.45) is 0 Å². The Hall–Kier alpha value is -1.42. The van der Waals surface area contributed by atoms with Gasteiger partial charge in [-0.05, 0) is 64.4 Å². The summed E-state index contributed by atoms with van der Waals surface area (Å²) in [4.78, 5) is 14.5. The summed E-state index contributed by atoms with van der Waals surface area (Å²) in [6.07, 6.45) is 2.73. The molecule has 0 spiro atoms. The maximum Gasteiger partial charge on any atom is 0.222 e. The molecule has 1 fully saturated rings. The Kier molecular flexibility index (Phi) is 4.67. The van der Waals surface area contributed by atoms with Gasteiger partial charge in [-0.3, -0.25) is 4.79 Å². The lowest BCUT2D eigenvalue weighted by Crippen LogP contribution is -2.43. The van der Waals surface area contributed by atoms with Crippen molar-refractivity contribution >= 4 is 5.91 Å². The molecule has 1 unspecified atom stereocenters. The van der Waals surface area contributed by atoms with Crippen LogP contribution in [-0.4, -0.2) is 30.4 Å². The quantitative estimate of drug-likeness (QED) is 0.925. The van der Waals surface area contributed by atoms with Gasteiger partial charge < -0.3 is 10.2 Å². The molecular formula is C17H25FN2O. The number of carbonyl (C=O) groups is 1. The van der Waals surface area contributed by atoms with Crippen LogP contribution in [0.4, 0.5) is 4.39 Å². The largest absolute Gasteiger partial charge is 0.347 e. The summed E-state index contributed by atoms with van der Waals surface area (Å²) >= 11 is 0. The van der Waals surface area contributed by atoms with E-state index < -0.39 is 5.54 Å². The third kappa shape index (κ3) is 3.62. The van der Waals surface area contributed by atoms with Crippen molar-refractivity contribution in [2.45, 2.75) is 51.6 Å². The van der Waals surface area contributed by atoms with Gasteiger partial charge >= 0.3 is 0 Å². The maximum absolute atomic E-state index is 13.7. The van der Waals surface area contributed by atoms with E-state index in [2.05, 4.69) is 17.3 Å². The molecule has 0 aromatic heterocycles. The van der Waals surface area contributed by atoms with E-state index in [-0.39, 0.29) is 11.7 Å². The number of rotatable bonds is 4. The molecule has 0 bridgehead atoms. The minimum Gasteiger partial charge on any atom is -0.347 e. The molecule has 1 N–H and O–H groups in total. The molecule has 1 atom stereocenters. The number of amides is 1. The zero-order valence-corrected chi connectivity index (χ0v) is 13.4. The van der Waals surface area contributed by atoms with Crippen LogP contribution in [0.2, 0.25) is 0 Å². The molecule has 3 nitrogen and oxygen atoms in total. The topological polar surface area (TPSA) is 32.3 Å². The summed E-state index contributed by atoms with van der Waals surface area (Å²) in [7, 11) is 2.06. The molecule has 4 heteroatoms. The standard InChI is InChI=1S/C17H25FN2O/c1-12-14(8-5-9-15(12)18)17(2,3)19-16(21)11-13-7-6-10-20(13)4/h5,8-9,13H,6-7,10-11H2,1-4H3,(H,19,21). The molecule has 0 radical (unpaired) electrons. The fourth-order valence-corrected chi connectivity index (χ4v) is 3.20. The molecule has 0 aliphatic carbocycles. The van der Waals surface area contributed by atoms with E-state index in [0.29, 0.717) is 18.0 Å². The first-order valence-electron chi connectivity index (χ1n) is 7.58. The predicted molar refractivity (Wildman–Crippen MR) is 82.6 cm³/mol. The van der Waals surface area contributed by atoms with Crippen molar-refractivity contribution in [3.8, 4) is 0 Å². The number of halogens is 1. The van der Waals surface area contributed by atoms with Crippen molar-refractivity contribution in [1.29, 1.82) is 0 Å². The van der Waals surface area contributed by atoms with Gasteiger partial charge in [0.05, 0.1) is 5.54 Å². The second kappa shape index (κ2) is 6.14. The van der Waals surface area contributed by atoms with Gasteiger partial charge in [0, 0.05) is 12.5 Å². The first kappa shape index (κ1) is 16.0. The predicted octanol–water partition coefficient (Wildman–Crippen LogP) is 2.97. The smallest absolute Gasteiger partial charge is 0.222 e. The fraction of sp³-hybridized carbons (Fsp3) is 0.588. The van der Waals surface area contributed by atoms with Crippen molar-refractivity contribution in [3.63, 3.8) is 0 Å². The minimum absolute atomic E-state index is 0.0300. The number of carbonyl (C=O) groups excluding carboxylic acids is 1. The summed E-state index contributed by atoms with van der Waals surface area (Å²) in [6, 6.07) is 5.34. The third-order valence-electron chi connectivity index (χ3n) is 4.49. The van der Waals surface area contributed by atoms with Gasteiger partial charge in [-0.15, -0.1) is 0 Å². The lowest BCUT2D eigenvalue weighted by molar-refractivity contribution is -0.123. The molecule has 1 aromatic rings. The Morgan fingerprint density at radius 1 is 1.48 bits per heavy atom. The molecular weight excluding hydrogens is 267 g/mol. The first-order chi connectivity index (χ1) is 9.81.